The molecule has 0 aliphatic rings. The number of fused-ring (bicyclic) bond motifs is 1. The molecule has 2 amide bonds. The lowest BCUT2D eigenvalue weighted by molar-refractivity contribution is -0.128. The van der Waals surface area contributed by atoms with Gasteiger partial charge in [-0.2, -0.15) is 0 Å². The number of hydrogen-bond donors (Lipinski definition) is 3. The molecule has 0 fully saturated rings. The Kier molecular flexibility index (Phi) is 5.11. The van der Waals surface area contributed by atoms with Crippen molar-refractivity contribution in [2.75, 3.05) is 0 Å². The van der Waals surface area contributed by atoms with E-state index in [1.54, 1.807) is 13.1 Å². The molecule has 29 heavy (non-hydrogen) atoms. The number of oxazole rings is 1. The predicted molar refractivity (Wildman–Crippen MR) is 109 cm³/mol. The summed E-state index contributed by atoms with van der Waals surface area (Å²) in [5, 5.41) is 0.987. The van der Waals surface area contributed by atoms with E-state index in [1.807, 2.05) is 54.6 Å². The van der Waals surface area contributed by atoms with Crippen LogP contribution in [-0.2, 0) is 22.4 Å². The average Bonchev–Trinajstić information content (AvgIpc) is 3.31. The first-order valence-electron chi connectivity index (χ1n) is 9.24. The van der Waals surface area contributed by atoms with Gasteiger partial charge in [0.25, 0.3) is 0 Å². The largest absolute Gasteiger partial charge is 0.441 e. The van der Waals surface area contributed by atoms with Crippen LogP contribution in [0.1, 0.15) is 17.0 Å². The van der Waals surface area contributed by atoms with Crippen molar-refractivity contribution in [3.05, 3.63) is 77.8 Å². The lowest BCUT2D eigenvalue weighted by Gasteiger charge is -2.06. The van der Waals surface area contributed by atoms with E-state index in [9.17, 15) is 9.59 Å². The van der Waals surface area contributed by atoms with Crippen LogP contribution in [0.3, 0.4) is 0 Å². The minimum absolute atomic E-state index is 0.00946. The van der Waals surface area contributed by atoms with Gasteiger partial charge < -0.3 is 9.40 Å². The summed E-state index contributed by atoms with van der Waals surface area (Å²) >= 11 is 0. The van der Waals surface area contributed by atoms with Gasteiger partial charge in [0.1, 0.15) is 5.76 Å². The van der Waals surface area contributed by atoms with E-state index < -0.39 is 0 Å². The second-order valence-corrected chi connectivity index (χ2v) is 6.70. The van der Waals surface area contributed by atoms with Crippen molar-refractivity contribution in [2.45, 2.75) is 19.8 Å². The molecule has 0 saturated heterocycles. The first-order valence-corrected chi connectivity index (χ1v) is 9.24. The molecule has 0 atom stereocenters. The summed E-state index contributed by atoms with van der Waals surface area (Å²) in [5.74, 6) is 0.372. The Morgan fingerprint density at radius 1 is 0.966 bits per heavy atom. The molecule has 0 aliphatic carbocycles. The van der Waals surface area contributed by atoms with Gasteiger partial charge in [0.05, 0.1) is 18.5 Å². The summed E-state index contributed by atoms with van der Waals surface area (Å²) in [7, 11) is 0. The molecule has 146 valence electrons. The van der Waals surface area contributed by atoms with Gasteiger partial charge in [0, 0.05) is 22.7 Å². The van der Waals surface area contributed by atoms with Gasteiger partial charge in [0.2, 0.25) is 17.7 Å². The highest BCUT2D eigenvalue weighted by Crippen LogP contribution is 2.21. The molecule has 2 aromatic carbocycles. The van der Waals surface area contributed by atoms with Gasteiger partial charge in [-0.05, 0) is 30.7 Å². The number of amides is 2. The standard InChI is InChI=1S/C22H20N4O3/c1-14-19(24-22(29-14)15-7-3-2-4-8-15)12-21(28)26-25-20(27)11-16-13-23-18-10-6-5-9-17(16)18/h2-10,13,23H,11-12H2,1H3,(H,25,27)(H,26,28). The number of rotatable bonds is 5. The number of para-hydroxylation sites is 1. The number of nitrogens with zero attached hydrogens (tertiary/aromatic N) is 1. The van der Waals surface area contributed by atoms with Crippen LogP contribution in [0.2, 0.25) is 0 Å². The van der Waals surface area contributed by atoms with E-state index in [-0.39, 0.29) is 24.7 Å². The normalized spacial score (nSPS) is 10.8. The average molecular weight is 388 g/mol. The third-order valence-electron chi connectivity index (χ3n) is 4.61. The fourth-order valence-corrected chi connectivity index (χ4v) is 3.13. The minimum atomic E-state index is -0.367. The van der Waals surface area contributed by atoms with Crippen LogP contribution in [0.5, 0.6) is 0 Å². The summed E-state index contributed by atoms with van der Waals surface area (Å²) in [4.78, 5) is 31.9. The maximum Gasteiger partial charge on any atom is 0.244 e. The van der Waals surface area contributed by atoms with Crippen molar-refractivity contribution < 1.29 is 14.0 Å². The molecule has 0 bridgehead atoms. The van der Waals surface area contributed by atoms with E-state index >= 15 is 0 Å². The van der Waals surface area contributed by atoms with Gasteiger partial charge in [-0.1, -0.05) is 36.4 Å². The molecule has 0 radical (unpaired) electrons. The number of hydrazine groups is 1. The van der Waals surface area contributed by atoms with Gasteiger partial charge in [-0.3, -0.25) is 20.4 Å². The number of carbonyl (C=O) groups excluding carboxylic acids is 2. The Morgan fingerprint density at radius 2 is 1.66 bits per heavy atom. The van der Waals surface area contributed by atoms with Crippen LogP contribution in [-0.4, -0.2) is 21.8 Å². The van der Waals surface area contributed by atoms with E-state index in [0.29, 0.717) is 17.3 Å². The van der Waals surface area contributed by atoms with Gasteiger partial charge in [-0.25, -0.2) is 4.98 Å². The second kappa shape index (κ2) is 8.02. The summed E-state index contributed by atoms with van der Waals surface area (Å²) < 4.78 is 5.66. The predicted octanol–water partition coefficient (Wildman–Crippen LogP) is 3.06. The lowest BCUT2D eigenvalue weighted by atomic mass is 10.1. The molecule has 4 aromatic rings. The summed E-state index contributed by atoms with van der Waals surface area (Å²) in [6, 6.07) is 17.2. The van der Waals surface area contributed by atoms with Crippen molar-refractivity contribution >= 4 is 22.7 Å². The van der Waals surface area contributed by atoms with Gasteiger partial charge >= 0.3 is 0 Å². The summed E-state index contributed by atoms with van der Waals surface area (Å²) in [6.07, 6.45) is 1.97. The first-order chi connectivity index (χ1) is 14.1. The molecular weight excluding hydrogens is 368 g/mol. The molecule has 7 heteroatoms. The monoisotopic (exact) mass is 388 g/mol. The van der Waals surface area contributed by atoms with Crippen LogP contribution in [0.15, 0.2) is 65.2 Å². The van der Waals surface area contributed by atoms with Crippen molar-refractivity contribution in [3.63, 3.8) is 0 Å². The number of carbonyl (C=O) groups is 2. The number of benzene rings is 2. The number of hydrogen-bond acceptors (Lipinski definition) is 4. The maximum absolute atomic E-state index is 12.2. The highest BCUT2D eigenvalue weighted by atomic mass is 16.4. The minimum Gasteiger partial charge on any atom is -0.441 e. The molecule has 0 aliphatic heterocycles. The molecule has 2 aromatic heterocycles. The molecule has 3 N–H and O–H groups in total. The Labute approximate surface area is 167 Å². The van der Waals surface area contributed by atoms with Crippen molar-refractivity contribution in [3.8, 4) is 11.5 Å². The van der Waals surface area contributed by atoms with E-state index in [1.165, 1.54) is 0 Å². The molecule has 2 heterocycles. The lowest BCUT2D eigenvalue weighted by Crippen LogP contribution is -2.43. The van der Waals surface area contributed by atoms with Crippen LogP contribution in [0, 0.1) is 6.92 Å². The number of nitrogens with one attached hydrogen (secondary N) is 3. The highest BCUT2D eigenvalue weighted by Gasteiger charge is 2.15. The van der Waals surface area contributed by atoms with Gasteiger partial charge in [0.15, 0.2) is 0 Å². The Hall–Kier alpha value is -3.87. The Balaban J connectivity index is 1.33. The van der Waals surface area contributed by atoms with E-state index in [4.69, 9.17) is 4.42 Å². The van der Waals surface area contributed by atoms with Crippen molar-refractivity contribution in [1.29, 1.82) is 0 Å². The van der Waals surface area contributed by atoms with E-state index in [2.05, 4.69) is 20.8 Å². The zero-order valence-corrected chi connectivity index (χ0v) is 15.9. The Bertz CT molecular complexity index is 1160. The topological polar surface area (TPSA) is 100 Å². The van der Waals surface area contributed by atoms with Crippen LogP contribution in [0.25, 0.3) is 22.4 Å². The second-order valence-electron chi connectivity index (χ2n) is 6.70. The van der Waals surface area contributed by atoms with Gasteiger partial charge in [-0.15, -0.1) is 0 Å². The zero-order valence-electron chi connectivity index (χ0n) is 15.9. The van der Waals surface area contributed by atoms with Crippen LogP contribution >= 0.6 is 0 Å². The number of H-pyrrole nitrogens is 1. The Morgan fingerprint density at radius 3 is 2.45 bits per heavy atom. The third kappa shape index (κ3) is 4.19. The summed E-state index contributed by atoms with van der Waals surface area (Å²) in [6.45, 7) is 1.76. The fourth-order valence-electron chi connectivity index (χ4n) is 3.13. The number of aromatic nitrogens is 2. The SMILES string of the molecule is Cc1oc(-c2ccccc2)nc1CC(=O)NNC(=O)Cc1c[nH]c2ccccc12. The maximum atomic E-state index is 12.2. The van der Waals surface area contributed by atoms with Crippen molar-refractivity contribution in [2.24, 2.45) is 0 Å². The van der Waals surface area contributed by atoms with Crippen LogP contribution < -0.4 is 10.9 Å². The summed E-state index contributed by atoms with van der Waals surface area (Å²) in [5.41, 5.74) is 8.10. The molecule has 0 spiro atoms. The fraction of sp³-hybridized carbons (Fsp3) is 0.136. The third-order valence-corrected chi connectivity index (χ3v) is 4.61. The molecule has 0 unspecified atom stereocenters. The molecule has 7 nitrogen and oxygen atoms in total. The highest BCUT2D eigenvalue weighted by molar-refractivity contribution is 5.90. The molecule has 4 rings (SSSR count). The quantitative estimate of drug-likeness (QED) is 0.458. The van der Waals surface area contributed by atoms with Crippen LogP contribution in [0.4, 0.5) is 0 Å². The first kappa shape index (κ1) is 18.5. The number of aromatic amines is 1. The smallest absolute Gasteiger partial charge is 0.244 e. The van der Waals surface area contributed by atoms with E-state index in [0.717, 1.165) is 22.0 Å². The zero-order chi connectivity index (χ0) is 20.2. The molecular formula is C22H20N4O3. The number of aryl methyl sites for hydroxylation is 1. The van der Waals surface area contributed by atoms with Crippen molar-refractivity contribution in [1.82, 2.24) is 20.8 Å². The molecule has 0 saturated carbocycles.